The van der Waals surface area contributed by atoms with Crippen LogP contribution in [0.2, 0.25) is 0 Å². The smallest absolute Gasteiger partial charge is 0.113 e. The minimum atomic E-state index is -0.774. The van der Waals surface area contributed by atoms with E-state index in [9.17, 15) is 5.11 Å². The van der Waals surface area contributed by atoms with Crippen LogP contribution in [0.5, 0.6) is 0 Å². The van der Waals surface area contributed by atoms with Gasteiger partial charge in [-0.15, -0.1) is 5.10 Å². The monoisotopic (exact) mass is 237 g/mol. The van der Waals surface area contributed by atoms with E-state index < -0.39 is 5.60 Å². The van der Waals surface area contributed by atoms with Gasteiger partial charge < -0.3 is 5.11 Å². The molecule has 1 atom stereocenters. The highest BCUT2D eigenvalue weighted by atomic mass is 16.3. The second kappa shape index (κ2) is 4.41. The van der Waals surface area contributed by atoms with Crippen molar-refractivity contribution in [3.8, 4) is 0 Å². The summed E-state index contributed by atoms with van der Waals surface area (Å²) in [7, 11) is 0. The quantitative estimate of drug-likeness (QED) is 0.878. The van der Waals surface area contributed by atoms with Crippen molar-refractivity contribution in [3.05, 3.63) is 11.9 Å². The molecular weight excluding hydrogens is 214 g/mol. The predicted octanol–water partition coefficient (Wildman–Crippen LogP) is 2.48. The standard InChI is InChI=1S/C13H23N3O/c1-4-9-16-11(10-14-15-16)13(17)8-6-5-7-12(13,2)3/h10,17H,4-9H2,1-3H3. The molecule has 1 saturated carbocycles. The largest absolute Gasteiger partial charge is 0.383 e. The highest BCUT2D eigenvalue weighted by Crippen LogP contribution is 2.49. The third-order valence-electron chi connectivity index (χ3n) is 4.19. The molecule has 0 spiro atoms. The summed E-state index contributed by atoms with van der Waals surface area (Å²) in [6.45, 7) is 7.24. The van der Waals surface area contributed by atoms with Crippen LogP contribution in [0.3, 0.4) is 0 Å². The van der Waals surface area contributed by atoms with Crippen molar-refractivity contribution in [2.24, 2.45) is 5.41 Å². The molecule has 1 N–H and O–H groups in total. The van der Waals surface area contributed by atoms with Gasteiger partial charge in [-0.2, -0.15) is 0 Å². The van der Waals surface area contributed by atoms with E-state index in [1.165, 1.54) is 6.42 Å². The Bertz CT molecular complexity index is 386. The van der Waals surface area contributed by atoms with Gasteiger partial charge in [0.2, 0.25) is 0 Å². The summed E-state index contributed by atoms with van der Waals surface area (Å²) in [4.78, 5) is 0. The molecule has 1 fully saturated rings. The molecule has 1 unspecified atom stereocenters. The fourth-order valence-electron chi connectivity index (χ4n) is 2.92. The van der Waals surface area contributed by atoms with Gasteiger partial charge in [0.05, 0.1) is 11.9 Å². The van der Waals surface area contributed by atoms with Gasteiger partial charge in [-0.3, -0.25) is 0 Å². The van der Waals surface area contributed by atoms with E-state index in [1.54, 1.807) is 6.20 Å². The molecule has 96 valence electrons. The topological polar surface area (TPSA) is 50.9 Å². The van der Waals surface area contributed by atoms with Gasteiger partial charge in [0, 0.05) is 6.54 Å². The van der Waals surface area contributed by atoms with Crippen LogP contribution in [0.25, 0.3) is 0 Å². The summed E-state index contributed by atoms with van der Waals surface area (Å²) >= 11 is 0. The second-order valence-corrected chi connectivity index (χ2v) is 5.79. The van der Waals surface area contributed by atoms with Gasteiger partial charge in [-0.1, -0.05) is 38.8 Å². The molecule has 0 saturated heterocycles. The Morgan fingerprint density at radius 1 is 1.35 bits per heavy atom. The molecule has 2 rings (SSSR count). The first kappa shape index (κ1) is 12.6. The van der Waals surface area contributed by atoms with Gasteiger partial charge in [0.25, 0.3) is 0 Å². The number of aryl methyl sites for hydroxylation is 1. The Hall–Kier alpha value is -0.900. The molecule has 0 radical (unpaired) electrons. The van der Waals surface area contributed by atoms with Crippen molar-refractivity contribution in [1.29, 1.82) is 0 Å². The van der Waals surface area contributed by atoms with E-state index in [0.717, 1.165) is 37.9 Å². The minimum absolute atomic E-state index is 0.0988. The van der Waals surface area contributed by atoms with Crippen molar-refractivity contribution in [2.75, 3.05) is 0 Å². The first-order chi connectivity index (χ1) is 8.01. The summed E-state index contributed by atoms with van der Waals surface area (Å²) < 4.78 is 1.87. The van der Waals surface area contributed by atoms with Crippen molar-refractivity contribution in [3.63, 3.8) is 0 Å². The van der Waals surface area contributed by atoms with E-state index in [2.05, 4.69) is 31.1 Å². The van der Waals surface area contributed by atoms with Gasteiger partial charge in [-0.05, 0) is 24.7 Å². The maximum atomic E-state index is 11.1. The Labute approximate surface area is 103 Å². The summed E-state index contributed by atoms with van der Waals surface area (Å²) in [5.74, 6) is 0. The van der Waals surface area contributed by atoms with E-state index in [4.69, 9.17) is 0 Å². The first-order valence-electron chi connectivity index (χ1n) is 6.62. The first-order valence-corrected chi connectivity index (χ1v) is 6.62. The van der Waals surface area contributed by atoms with Crippen LogP contribution < -0.4 is 0 Å². The lowest BCUT2D eigenvalue weighted by atomic mass is 9.64. The minimum Gasteiger partial charge on any atom is -0.383 e. The molecular formula is C13H23N3O. The highest BCUT2D eigenvalue weighted by Gasteiger charge is 2.48. The van der Waals surface area contributed by atoms with Gasteiger partial charge in [0.15, 0.2) is 0 Å². The third kappa shape index (κ3) is 1.99. The molecule has 1 heterocycles. The van der Waals surface area contributed by atoms with E-state index in [0.29, 0.717) is 0 Å². The zero-order valence-corrected chi connectivity index (χ0v) is 11.1. The van der Waals surface area contributed by atoms with E-state index >= 15 is 0 Å². The highest BCUT2D eigenvalue weighted by molar-refractivity contribution is 5.14. The average Bonchev–Trinajstić information content (AvgIpc) is 2.72. The molecule has 0 bridgehead atoms. The number of nitrogens with zero attached hydrogens (tertiary/aromatic N) is 3. The molecule has 0 amide bonds. The Morgan fingerprint density at radius 2 is 2.06 bits per heavy atom. The molecule has 4 nitrogen and oxygen atoms in total. The molecule has 0 aromatic carbocycles. The molecule has 1 aromatic heterocycles. The summed E-state index contributed by atoms with van der Waals surface area (Å²) in [6.07, 6.45) is 6.90. The van der Waals surface area contributed by atoms with Crippen molar-refractivity contribution >= 4 is 0 Å². The maximum absolute atomic E-state index is 11.1. The lowest BCUT2D eigenvalue weighted by Crippen LogP contribution is -2.46. The van der Waals surface area contributed by atoms with Gasteiger partial charge >= 0.3 is 0 Å². The predicted molar refractivity (Wildman–Crippen MR) is 66.5 cm³/mol. The van der Waals surface area contributed by atoms with Crippen LogP contribution >= 0.6 is 0 Å². The van der Waals surface area contributed by atoms with Gasteiger partial charge in [0.1, 0.15) is 5.60 Å². The fourth-order valence-corrected chi connectivity index (χ4v) is 2.92. The van der Waals surface area contributed by atoms with Gasteiger partial charge in [-0.25, -0.2) is 4.68 Å². The van der Waals surface area contributed by atoms with Crippen LogP contribution in [-0.4, -0.2) is 20.1 Å². The normalized spacial score (nSPS) is 28.2. The van der Waals surface area contributed by atoms with Crippen LogP contribution in [-0.2, 0) is 12.1 Å². The SMILES string of the molecule is CCCn1nncc1C1(O)CCCCC1(C)C. The summed E-state index contributed by atoms with van der Waals surface area (Å²) in [5, 5.41) is 19.1. The molecule has 1 aliphatic carbocycles. The Morgan fingerprint density at radius 3 is 2.71 bits per heavy atom. The van der Waals surface area contributed by atoms with E-state index in [1.807, 2.05) is 4.68 Å². The number of hydrogen-bond donors (Lipinski definition) is 1. The third-order valence-corrected chi connectivity index (χ3v) is 4.19. The van der Waals surface area contributed by atoms with Crippen LogP contribution in [0.4, 0.5) is 0 Å². The van der Waals surface area contributed by atoms with Crippen molar-refractivity contribution in [2.45, 2.75) is 65.0 Å². The average molecular weight is 237 g/mol. The lowest BCUT2D eigenvalue weighted by Gasteiger charge is -2.46. The number of hydrogen-bond acceptors (Lipinski definition) is 3. The Kier molecular flexibility index (Phi) is 3.25. The van der Waals surface area contributed by atoms with Crippen LogP contribution in [0, 0.1) is 5.41 Å². The van der Waals surface area contributed by atoms with Crippen LogP contribution in [0.1, 0.15) is 58.6 Å². The Balaban J connectivity index is 2.38. The van der Waals surface area contributed by atoms with Crippen molar-refractivity contribution < 1.29 is 5.11 Å². The number of aromatic nitrogens is 3. The maximum Gasteiger partial charge on any atom is 0.113 e. The second-order valence-electron chi connectivity index (χ2n) is 5.79. The number of rotatable bonds is 3. The lowest BCUT2D eigenvalue weighted by molar-refractivity contribution is -0.109. The van der Waals surface area contributed by atoms with Crippen LogP contribution in [0.15, 0.2) is 6.20 Å². The van der Waals surface area contributed by atoms with Crippen molar-refractivity contribution in [1.82, 2.24) is 15.0 Å². The summed E-state index contributed by atoms with van der Waals surface area (Å²) in [6, 6.07) is 0. The molecule has 0 aliphatic heterocycles. The zero-order valence-electron chi connectivity index (χ0n) is 11.1. The molecule has 4 heteroatoms. The summed E-state index contributed by atoms with van der Waals surface area (Å²) in [5.41, 5.74) is 0.0200. The molecule has 17 heavy (non-hydrogen) atoms. The molecule has 1 aromatic rings. The number of aliphatic hydroxyl groups is 1. The fraction of sp³-hybridized carbons (Fsp3) is 0.846. The molecule has 1 aliphatic rings. The van der Waals surface area contributed by atoms with E-state index in [-0.39, 0.29) is 5.41 Å². The zero-order chi connectivity index (χ0) is 12.5.